The highest BCUT2D eigenvalue weighted by Crippen LogP contribution is 2.40. The largest absolute Gasteiger partial charge is 0.496 e. The second-order valence-electron chi connectivity index (χ2n) is 7.28. The van der Waals surface area contributed by atoms with Crippen molar-refractivity contribution in [2.45, 2.75) is 32.6 Å². The molecular formula is C25H29N3O2. The summed E-state index contributed by atoms with van der Waals surface area (Å²) in [6.07, 6.45) is 6.71. The Kier molecular flexibility index (Phi) is 7.55. The third-order valence-electron chi connectivity index (χ3n) is 5.19. The molecule has 0 unspecified atom stereocenters. The predicted octanol–water partition coefficient (Wildman–Crippen LogP) is 5.01. The number of unbranched alkanes of at least 4 members (excludes halogenated alkanes) is 1. The van der Waals surface area contributed by atoms with Crippen LogP contribution in [-0.4, -0.2) is 41.5 Å². The van der Waals surface area contributed by atoms with E-state index in [4.69, 9.17) is 4.74 Å². The number of benzene rings is 1. The van der Waals surface area contributed by atoms with Crippen LogP contribution in [0.1, 0.15) is 31.7 Å². The van der Waals surface area contributed by atoms with Gasteiger partial charge in [0, 0.05) is 38.0 Å². The number of rotatable bonds is 9. The van der Waals surface area contributed by atoms with Crippen molar-refractivity contribution in [1.82, 2.24) is 14.9 Å². The fourth-order valence-electron chi connectivity index (χ4n) is 3.51. The molecule has 156 valence electrons. The molecule has 0 saturated heterocycles. The van der Waals surface area contributed by atoms with Gasteiger partial charge in [0.25, 0.3) is 0 Å². The molecule has 0 N–H and O–H groups in total. The molecule has 0 aliphatic rings. The molecule has 0 fully saturated rings. The van der Waals surface area contributed by atoms with Crippen molar-refractivity contribution in [3.63, 3.8) is 0 Å². The molecule has 3 rings (SSSR count). The number of aryl methyl sites for hydroxylation is 1. The van der Waals surface area contributed by atoms with E-state index in [1.54, 1.807) is 19.5 Å². The molecule has 0 aliphatic carbocycles. The van der Waals surface area contributed by atoms with E-state index >= 15 is 0 Å². The molecule has 5 nitrogen and oxygen atoms in total. The number of carbonyl (C=O) groups is 1. The number of aromatic nitrogens is 2. The molecule has 2 heterocycles. The maximum absolute atomic E-state index is 12.5. The van der Waals surface area contributed by atoms with Crippen molar-refractivity contribution in [3.05, 3.63) is 66.5 Å². The average Bonchev–Trinajstić information content (AvgIpc) is 2.81. The lowest BCUT2D eigenvalue weighted by atomic mass is 9.94. The van der Waals surface area contributed by atoms with Gasteiger partial charge in [-0.05, 0) is 42.7 Å². The van der Waals surface area contributed by atoms with Crippen molar-refractivity contribution in [2.24, 2.45) is 0 Å². The zero-order valence-electron chi connectivity index (χ0n) is 18.0. The normalized spacial score (nSPS) is 10.6. The van der Waals surface area contributed by atoms with Gasteiger partial charge >= 0.3 is 0 Å². The number of amides is 1. The van der Waals surface area contributed by atoms with E-state index < -0.39 is 0 Å². The number of methoxy groups -OCH3 is 1. The van der Waals surface area contributed by atoms with E-state index in [1.165, 1.54) is 0 Å². The molecular weight excluding hydrogens is 374 g/mol. The first-order chi connectivity index (χ1) is 14.7. The number of nitrogens with zero attached hydrogens (tertiary/aromatic N) is 3. The number of hydrogen-bond acceptors (Lipinski definition) is 4. The van der Waals surface area contributed by atoms with Crippen LogP contribution >= 0.6 is 0 Å². The van der Waals surface area contributed by atoms with Crippen LogP contribution in [0.3, 0.4) is 0 Å². The van der Waals surface area contributed by atoms with Gasteiger partial charge in [-0.25, -0.2) is 0 Å². The Hall–Kier alpha value is -3.21. The van der Waals surface area contributed by atoms with Crippen LogP contribution in [0, 0.1) is 0 Å². The second-order valence-corrected chi connectivity index (χ2v) is 7.28. The van der Waals surface area contributed by atoms with E-state index in [2.05, 4.69) is 23.0 Å². The molecule has 5 heteroatoms. The standard InChI is InChI=1S/C25H29N3O2/c1-4-5-18-28(2)23(29)15-13-19-12-14-20(21-10-6-8-16-26-21)24(25(19)30-3)22-11-7-9-17-27-22/h6-12,14,16-17H,4-5,13,15,18H2,1-3H3. The van der Waals surface area contributed by atoms with Crippen molar-refractivity contribution in [2.75, 3.05) is 20.7 Å². The molecule has 1 aromatic carbocycles. The minimum absolute atomic E-state index is 0.152. The minimum Gasteiger partial charge on any atom is -0.496 e. The lowest BCUT2D eigenvalue weighted by Gasteiger charge is -2.19. The molecule has 0 atom stereocenters. The van der Waals surface area contributed by atoms with Crippen LogP contribution in [0.2, 0.25) is 0 Å². The van der Waals surface area contributed by atoms with Crippen molar-refractivity contribution in [1.29, 1.82) is 0 Å². The van der Waals surface area contributed by atoms with Gasteiger partial charge in [-0.3, -0.25) is 14.8 Å². The van der Waals surface area contributed by atoms with E-state index in [0.29, 0.717) is 12.8 Å². The van der Waals surface area contributed by atoms with Gasteiger partial charge in [0.05, 0.1) is 24.1 Å². The van der Waals surface area contributed by atoms with Crippen molar-refractivity contribution >= 4 is 5.91 Å². The van der Waals surface area contributed by atoms with Crippen LogP contribution in [0.15, 0.2) is 60.9 Å². The van der Waals surface area contributed by atoms with Gasteiger partial charge < -0.3 is 9.64 Å². The molecule has 0 radical (unpaired) electrons. The topological polar surface area (TPSA) is 55.3 Å². The van der Waals surface area contributed by atoms with Gasteiger partial charge in [0.1, 0.15) is 5.75 Å². The summed E-state index contributed by atoms with van der Waals surface area (Å²) in [6, 6.07) is 15.8. The highest BCUT2D eigenvalue weighted by molar-refractivity contribution is 5.86. The van der Waals surface area contributed by atoms with E-state index in [0.717, 1.165) is 53.2 Å². The van der Waals surface area contributed by atoms with Crippen molar-refractivity contribution < 1.29 is 9.53 Å². The lowest BCUT2D eigenvalue weighted by Crippen LogP contribution is -2.27. The van der Waals surface area contributed by atoms with Gasteiger partial charge in [0.2, 0.25) is 5.91 Å². The summed E-state index contributed by atoms with van der Waals surface area (Å²) in [4.78, 5) is 23.4. The predicted molar refractivity (Wildman–Crippen MR) is 120 cm³/mol. The molecule has 3 aromatic rings. The van der Waals surface area contributed by atoms with Crippen LogP contribution in [0.25, 0.3) is 22.5 Å². The Morgan fingerprint density at radius 3 is 2.30 bits per heavy atom. The zero-order valence-corrected chi connectivity index (χ0v) is 18.0. The van der Waals surface area contributed by atoms with Gasteiger partial charge in [-0.2, -0.15) is 0 Å². The summed E-state index contributed by atoms with van der Waals surface area (Å²) < 4.78 is 5.86. The monoisotopic (exact) mass is 403 g/mol. The second kappa shape index (κ2) is 10.5. The van der Waals surface area contributed by atoms with Gasteiger partial charge in [-0.15, -0.1) is 0 Å². The first-order valence-corrected chi connectivity index (χ1v) is 10.4. The maximum atomic E-state index is 12.5. The number of hydrogen-bond donors (Lipinski definition) is 0. The van der Waals surface area contributed by atoms with Gasteiger partial charge in [0.15, 0.2) is 0 Å². The molecule has 0 saturated carbocycles. The third-order valence-corrected chi connectivity index (χ3v) is 5.19. The highest BCUT2D eigenvalue weighted by atomic mass is 16.5. The molecule has 0 spiro atoms. The van der Waals surface area contributed by atoms with Crippen LogP contribution < -0.4 is 4.74 Å². The summed E-state index contributed by atoms with van der Waals surface area (Å²) in [5, 5.41) is 0. The first kappa shape index (κ1) is 21.5. The number of carbonyl (C=O) groups excluding carboxylic acids is 1. The lowest BCUT2D eigenvalue weighted by molar-refractivity contribution is -0.129. The van der Waals surface area contributed by atoms with E-state index in [9.17, 15) is 4.79 Å². The summed E-state index contributed by atoms with van der Waals surface area (Å²) in [5.41, 5.74) is 4.54. The fraction of sp³-hybridized carbons (Fsp3) is 0.320. The molecule has 0 bridgehead atoms. The fourth-order valence-corrected chi connectivity index (χ4v) is 3.51. The van der Waals surface area contributed by atoms with Crippen LogP contribution in [-0.2, 0) is 11.2 Å². The van der Waals surface area contributed by atoms with Crippen molar-refractivity contribution in [3.8, 4) is 28.3 Å². The van der Waals surface area contributed by atoms with Gasteiger partial charge in [-0.1, -0.05) is 37.6 Å². The highest BCUT2D eigenvalue weighted by Gasteiger charge is 2.19. The van der Waals surface area contributed by atoms with Crippen LogP contribution in [0.5, 0.6) is 5.75 Å². The molecule has 2 aromatic heterocycles. The summed E-state index contributed by atoms with van der Waals surface area (Å²) in [7, 11) is 3.54. The number of pyridine rings is 2. The Morgan fingerprint density at radius 2 is 1.70 bits per heavy atom. The summed E-state index contributed by atoms with van der Waals surface area (Å²) in [6.45, 7) is 2.93. The zero-order chi connectivity index (χ0) is 21.3. The summed E-state index contributed by atoms with van der Waals surface area (Å²) >= 11 is 0. The average molecular weight is 404 g/mol. The molecule has 30 heavy (non-hydrogen) atoms. The minimum atomic E-state index is 0.152. The first-order valence-electron chi connectivity index (χ1n) is 10.4. The molecule has 1 amide bonds. The maximum Gasteiger partial charge on any atom is 0.222 e. The Balaban J connectivity index is 1.97. The quantitative estimate of drug-likeness (QED) is 0.504. The van der Waals surface area contributed by atoms with E-state index in [1.807, 2.05) is 54.4 Å². The number of ether oxygens (including phenoxy) is 1. The Labute approximate surface area is 178 Å². The SMILES string of the molecule is CCCCN(C)C(=O)CCc1ccc(-c2ccccn2)c(-c2ccccn2)c1OC. The Morgan fingerprint density at radius 1 is 1.00 bits per heavy atom. The smallest absolute Gasteiger partial charge is 0.222 e. The van der Waals surface area contributed by atoms with Crippen LogP contribution in [0.4, 0.5) is 0 Å². The molecule has 0 aliphatic heterocycles. The van der Waals surface area contributed by atoms with E-state index in [-0.39, 0.29) is 5.91 Å². The Bertz CT molecular complexity index is 959. The third kappa shape index (κ3) is 5.03. The summed E-state index contributed by atoms with van der Waals surface area (Å²) in [5.74, 6) is 0.902.